The Morgan fingerprint density at radius 2 is 2.00 bits per heavy atom. The minimum absolute atomic E-state index is 0.0516. The Balaban J connectivity index is 2.39. The summed E-state index contributed by atoms with van der Waals surface area (Å²) in [6, 6.07) is 6.29. The van der Waals surface area contributed by atoms with E-state index in [1.165, 1.54) is 6.07 Å². The zero-order valence-electron chi connectivity index (χ0n) is 10.6. The number of guanidine groups is 1. The number of hydrogen-bond donors (Lipinski definition) is 2. The molecule has 0 aliphatic carbocycles. The first-order valence-corrected chi connectivity index (χ1v) is 5.86. The number of benzene rings is 1. The molecule has 1 amide bonds. The second kappa shape index (κ2) is 4.40. The highest BCUT2D eigenvalue weighted by Crippen LogP contribution is 2.26. The lowest BCUT2D eigenvalue weighted by Gasteiger charge is -2.22. The number of carbonyl (C=O) groups is 1. The van der Waals surface area contributed by atoms with Crippen LogP contribution in [0.1, 0.15) is 26.3 Å². The van der Waals surface area contributed by atoms with Crippen molar-refractivity contribution < 1.29 is 9.18 Å². The van der Waals surface area contributed by atoms with Gasteiger partial charge in [0, 0.05) is 11.6 Å². The molecule has 0 radical (unpaired) electrons. The molecule has 2 N–H and O–H groups in total. The van der Waals surface area contributed by atoms with E-state index >= 15 is 0 Å². The van der Waals surface area contributed by atoms with Gasteiger partial charge in [-0.2, -0.15) is 0 Å². The molecule has 1 unspecified atom stereocenters. The molecule has 1 aliphatic rings. The molecular weight excluding hydrogens is 233 g/mol. The molecule has 2 rings (SSSR count). The van der Waals surface area contributed by atoms with Gasteiger partial charge in [0.05, 0.1) is 0 Å². The SMILES string of the molecule is CC(C)N=C1NC(=O)C(C)(c2ccccc2F)N1. The lowest BCUT2D eigenvalue weighted by Crippen LogP contribution is -2.41. The molecule has 1 fully saturated rings. The number of carbonyl (C=O) groups excluding carboxylic acids is 1. The van der Waals surface area contributed by atoms with Crippen LogP contribution in [0, 0.1) is 5.82 Å². The predicted octanol–water partition coefficient (Wildman–Crippen LogP) is 1.52. The van der Waals surface area contributed by atoms with E-state index in [1.807, 2.05) is 13.8 Å². The van der Waals surface area contributed by atoms with Gasteiger partial charge in [-0.05, 0) is 26.8 Å². The van der Waals surface area contributed by atoms with Gasteiger partial charge in [0.1, 0.15) is 11.4 Å². The Morgan fingerprint density at radius 1 is 1.33 bits per heavy atom. The number of amides is 1. The average Bonchev–Trinajstić information content (AvgIpc) is 2.54. The van der Waals surface area contributed by atoms with Crippen LogP contribution in [0.25, 0.3) is 0 Å². The highest BCUT2D eigenvalue weighted by molar-refractivity contribution is 6.09. The van der Waals surface area contributed by atoms with Gasteiger partial charge in [0.2, 0.25) is 0 Å². The summed E-state index contributed by atoms with van der Waals surface area (Å²) in [5.41, 5.74) is -0.796. The quantitative estimate of drug-likeness (QED) is 0.835. The van der Waals surface area contributed by atoms with Gasteiger partial charge in [-0.3, -0.25) is 15.1 Å². The van der Waals surface area contributed by atoms with Crippen molar-refractivity contribution in [3.05, 3.63) is 35.6 Å². The van der Waals surface area contributed by atoms with Crippen LogP contribution in [0.5, 0.6) is 0 Å². The Morgan fingerprint density at radius 3 is 2.61 bits per heavy atom. The molecule has 4 nitrogen and oxygen atoms in total. The molecule has 0 saturated carbocycles. The van der Waals surface area contributed by atoms with Gasteiger partial charge in [-0.15, -0.1) is 0 Å². The highest BCUT2D eigenvalue weighted by atomic mass is 19.1. The first-order chi connectivity index (χ1) is 8.43. The smallest absolute Gasteiger partial charge is 0.256 e. The Bertz CT molecular complexity index is 513. The van der Waals surface area contributed by atoms with Crippen molar-refractivity contribution >= 4 is 11.9 Å². The third kappa shape index (κ3) is 2.08. The summed E-state index contributed by atoms with van der Waals surface area (Å²) in [4.78, 5) is 16.2. The van der Waals surface area contributed by atoms with Crippen LogP contribution in [0.4, 0.5) is 4.39 Å². The highest BCUT2D eigenvalue weighted by Gasteiger charge is 2.43. The van der Waals surface area contributed by atoms with Crippen molar-refractivity contribution in [1.29, 1.82) is 0 Å². The summed E-state index contributed by atoms with van der Waals surface area (Å²) < 4.78 is 13.8. The monoisotopic (exact) mass is 249 g/mol. The molecule has 1 aliphatic heterocycles. The summed E-state index contributed by atoms with van der Waals surface area (Å²) in [7, 11) is 0. The van der Waals surface area contributed by atoms with Crippen molar-refractivity contribution in [2.75, 3.05) is 0 Å². The fraction of sp³-hybridized carbons (Fsp3) is 0.385. The van der Waals surface area contributed by atoms with E-state index in [2.05, 4.69) is 15.6 Å². The van der Waals surface area contributed by atoms with Crippen LogP contribution in [0.15, 0.2) is 29.3 Å². The molecule has 1 saturated heterocycles. The maximum atomic E-state index is 13.8. The third-order valence-electron chi connectivity index (χ3n) is 2.85. The van der Waals surface area contributed by atoms with Crippen molar-refractivity contribution in [3.63, 3.8) is 0 Å². The van der Waals surface area contributed by atoms with E-state index in [0.29, 0.717) is 11.5 Å². The van der Waals surface area contributed by atoms with Crippen LogP contribution in [-0.2, 0) is 10.3 Å². The van der Waals surface area contributed by atoms with Crippen molar-refractivity contribution in [2.45, 2.75) is 32.4 Å². The summed E-state index contributed by atoms with van der Waals surface area (Å²) in [5, 5.41) is 5.59. The lowest BCUT2D eigenvalue weighted by atomic mass is 9.92. The molecule has 5 heteroatoms. The number of halogens is 1. The van der Waals surface area contributed by atoms with E-state index in [0.717, 1.165) is 0 Å². The Labute approximate surface area is 105 Å². The lowest BCUT2D eigenvalue weighted by molar-refractivity contribution is -0.123. The van der Waals surface area contributed by atoms with E-state index in [1.54, 1.807) is 25.1 Å². The third-order valence-corrected chi connectivity index (χ3v) is 2.85. The zero-order chi connectivity index (χ0) is 13.3. The molecule has 18 heavy (non-hydrogen) atoms. The average molecular weight is 249 g/mol. The minimum atomic E-state index is -1.11. The van der Waals surface area contributed by atoms with Crippen LogP contribution < -0.4 is 10.6 Å². The van der Waals surface area contributed by atoms with Crippen molar-refractivity contribution in [2.24, 2.45) is 4.99 Å². The van der Waals surface area contributed by atoms with Gasteiger partial charge >= 0.3 is 0 Å². The molecule has 1 heterocycles. The number of nitrogens with zero attached hydrogens (tertiary/aromatic N) is 1. The van der Waals surface area contributed by atoms with Gasteiger partial charge in [0.25, 0.3) is 5.91 Å². The first-order valence-electron chi connectivity index (χ1n) is 5.86. The fourth-order valence-corrected chi connectivity index (χ4v) is 1.94. The number of nitrogens with one attached hydrogen (secondary N) is 2. The van der Waals surface area contributed by atoms with Crippen LogP contribution in [0.2, 0.25) is 0 Å². The molecule has 0 bridgehead atoms. The standard InChI is InChI=1S/C13H16FN3O/c1-8(2)15-12-16-11(18)13(3,17-12)9-6-4-5-7-10(9)14/h4-8H,1-3H3,(H2,15,16,17,18). The number of rotatable bonds is 2. The minimum Gasteiger partial charge on any atom is -0.338 e. The largest absolute Gasteiger partial charge is 0.338 e. The van der Waals surface area contributed by atoms with Crippen LogP contribution in [-0.4, -0.2) is 17.9 Å². The Kier molecular flexibility index (Phi) is 3.07. The number of hydrogen-bond acceptors (Lipinski definition) is 2. The normalized spacial score (nSPS) is 25.4. The molecule has 0 spiro atoms. The zero-order valence-corrected chi connectivity index (χ0v) is 10.6. The summed E-state index contributed by atoms with van der Waals surface area (Å²) >= 11 is 0. The van der Waals surface area contributed by atoms with Crippen LogP contribution in [0.3, 0.4) is 0 Å². The second-order valence-electron chi connectivity index (χ2n) is 4.76. The number of aliphatic imine (C=N–C) groups is 1. The van der Waals surface area contributed by atoms with Crippen LogP contribution >= 0.6 is 0 Å². The fourth-order valence-electron chi connectivity index (χ4n) is 1.94. The molecule has 1 aromatic rings. The van der Waals surface area contributed by atoms with Crippen molar-refractivity contribution in [1.82, 2.24) is 10.6 Å². The molecule has 96 valence electrons. The topological polar surface area (TPSA) is 53.5 Å². The molecule has 0 aromatic heterocycles. The molecule has 1 atom stereocenters. The maximum absolute atomic E-state index is 13.8. The molecular formula is C13H16FN3O. The van der Waals surface area contributed by atoms with Gasteiger partial charge in [0.15, 0.2) is 5.96 Å². The Hall–Kier alpha value is -1.91. The first kappa shape index (κ1) is 12.5. The summed E-state index contributed by atoms with van der Waals surface area (Å²) in [6.07, 6.45) is 0. The summed E-state index contributed by atoms with van der Waals surface area (Å²) in [6.45, 7) is 5.45. The van der Waals surface area contributed by atoms with Crippen molar-refractivity contribution in [3.8, 4) is 0 Å². The summed E-state index contributed by atoms with van der Waals surface area (Å²) in [5.74, 6) is -0.318. The van der Waals surface area contributed by atoms with Gasteiger partial charge < -0.3 is 5.32 Å². The van der Waals surface area contributed by atoms with Gasteiger partial charge in [-0.1, -0.05) is 18.2 Å². The van der Waals surface area contributed by atoms with Gasteiger partial charge in [-0.25, -0.2) is 4.39 Å². The van der Waals surface area contributed by atoms with E-state index in [9.17, 15) is 9.18 Å². The second-order valence-corrected chi connectivity index (χ2v) is 4.76. The predicted molar refractivity (Wildman–Crippen MR) is 67.6 cm³/mol. The maximum Gasteiger partial charge on any atom is 0.256 e. The van der Waals surface area contributed by atoms with E-state index in [-0.39, 0.29) is 11.9 Å². The van der Waals surface area contributed by atoms with E-state index < -0.39 is 11.4 Å². The van der Waals surface area contributed by atoms with E-state index in [4.69, 9.17) is 0 Å². The molecule has 1 aromatic carbocycles.